The van der Waals surface area contributed by atoms with Gasteiger partial charge >= 0.3 is 0 Å². The monoisotopic (exact) mass is 667 g/mol. The zero-order valence-electron chi connectivity index (χ0n) is 27.9. The number of rotatable bonds is 7. The van der Waals surface area contributed by atoms with Crippen LogP contribution in [0.3, 0.4) is 0 Å². The number of aromatic nitrogens is 3. The van der Waals surface area contributed by atoms with Crippen molar-refractivity contribution >= 4 is 28.9 Å². The average molecular weight is 668 g/mol. The minimum Gasteiger partial charge on any atom is -0.496 e. The Morgan fingerprint density at radius 1 is 1.02 bits per heavy atom. The number of hydrogen-bond acceptors (Lipinski definition) is 9. The summed E-state index contributed by atoms with van der Waals surface area (Å²) in [7, 11) is 5.07. The molecular formula is C36H41N7O6. The minimum atomic E-state index is -0.606. The lowest BCUT2D eigenvalue weighted by molar-refractivity contribution is -0.136. The molecule has 2 aromatic carbocycles. The Balaban J connectivity index is 0.00000392. The molecule has 1 atom stereocenters. The summed E-state index contributed by atoms with van der Waals surface area (Å²) in [5.74, 6) is 0.649. The number of piperidine rings is 2. The van der Waals surface area contributed by atoms with Crippen molar-refractivity contribution in [2.45, 2.75) is 44.8 Å². The molecule has 4 aliphatic rings. The second-order valence-electron chi connectivity index (χ2n) is 13.8. The van der Waals surface area contributed by atoms with Crippen molar-refractivity contribution in [1.82, 2.24) is 29.1 Å². The number of aryl methyl sites for hydroxylation is 1. The number of methoxy groups -OCH3 is 2. The highest BCUT2D eigenvalue weighted by Gasteiger charge is 2.46. The predicted octanol–water partition coefficient (Wildman–Crippen LogP) is 2.83. The molecule has 3 saturated heterocycles. The van der Waals surface area contributed by atoms with Crippen molar-refractivity contribution in [1.29, 1.82) is 0 Å². The van der Waals surface area contributed by atoms with Crippen LogP contribution in [0.25, 0.3) is 16.8 Å². The van der Waals surface area contributed by atoms with E-state index in [1.54, 1.807) is 53.9 Å². The Bertz CT molecular complexity index is 2050. The van der Waals surface area contributed by atoms with Crippen LogP contribution in [-0.2, 0) is 29.7 Å². The van der Waals surface area contributed by atoms with Gasteiger partial charge in [0.15, 0.2) is 0 Å². The summed E-state index contributed by atoms with van der Waals surface area (Å²) >= 11 is 0. The Kier molecular flexibility index (Phi) is 7.47. The largest absolute Gasteiger partial charge is 0.496 e. The van der Waals surface area contributed by atoms with E-state index >= 15 is 0 Å². The quantitative estimate of drug-likeness (QED) is 0.296. The first-order valence-electron chi connectivity index (χ1n) is 16.7. The summed E-state index contributed by atoms with van der Waals surface area (Å²) in [6.07, 6.45) is 7.76. The molecule has 0 radical (unpaired) electrons. The van der Waals surface area contributed by atoms with E-state index in [0.29, 0.717) is 30.6 Å². The van der Waals surface area contributed by atoms with Crippen molar-refractivity contribution in [3.05, 3.63) is 76.1 Å². The summed E-state index contributed by atoms with van der Waals surface area (Å²) in [6, 6.07) is 9.45. The maximum absolute atomic E-state index is 13.3. The molecule has 2 aromatic heterocycles. The van der Waals surface area contributed by atoms with Crippen molar-refractivity contribution in [2.24, 2.45) is 12.5 Å². The molecule has 13 nitrogen and oxygen atoms in total. The van der Waals surface area contributed by atoms with Gasteiger partial charge in [0.25, 0.3) is 11.5 Å². The van der Waals surface area contributed by atoms with Crippen molar-refractivity contribution in [3.8, 4) is 22.8 Å². The number of carbonyl (C=O) groups excluding carboxylic acids is 3. The first kappa shape index (κ1) is 31.1. The van der Waals surface area contributed by atoms with E-state index in [1.807, 2.05) is 24.3 Å². The minimum absolute atomic E-state index is 0. The maximum atomic E-state index is 13.3. The van der Waals surface area contributed by atoms with Crippen LogP contribution in [0.5, 0.6) is 11.5 Å². The van der Waals surface area contributed by atoms with Gasteiger partial charge in [-0.15, -0.1) is 0 Å². The standard InChI is InChI=1S/C36H39N7O6.H2/c1-39-18-29(43-21-37-15-28(43)35(39)47)23-12-30(48-2)26(31(13-23)49-3)17-40-10-8-36(9-11-40)19-41(20-36)24-5-4-22-16-42(34(46)25(22)14-24)27-6-7-32(44)38-33(27)45;/h4-5,12-15,18,21,27H,6-11,16-17,19-20H2,1-3H3,(H,38,44,45);1H. The lowest BCUT2D eigenvalue weighted by atomic mass is 9.71. The Morgan fingerprint density at radius 3 is 2.45 bits per heavy atom. The summed E-state index contributed by atoms with van der Waals surface area (Å²) in [4.78, 5) is 60.6. The van der Waals surface area contributed by atoms with Gasteiger partial charge in [-0.05, 0) is 62.2 Å². The lowest BCUT2D eigenvalue weighted by Crippen LogP contribution is -2.60. The smallest absolute Gasteiger partial charge is 0.276 e. The number of carbonyl (C=O) groups is 3. The molecule has 3 amide bonds. The van der Waals surface area contributed by atoms with Crippen molar-refractivity contribution in [2.75, 3.05) is 45.3 Å². The number of fused-ring (bicyclic) bond motifs is 2. The SMILES string of the molecule is COc1cc(-c2cn(C)c(=O)c3cncn23)cc(OC)c1CN1CCC2(CC1)CN(c1ccc3c(c1)C(=O)N(C1CCC(=O)NC1=O)C3)C2.[HH]. The molecule has 1 spiro atoms. The van der Waals surface area contributed by atoms with Crippen LogP contribution in [0, 0.1) is 5.41 Å². The number of benzene rings is 2. The molecule has 0 saturated carbocycles. The molecule has 1 N–H and O–H groups in total. The number of hydrogen-bond donors (Lipinski definition) is 1. The summed E-state index contributed by atoms with van der Waals surface area (Å²) in [5, 5.41) is 2.37. The van der Waals surface area contributed by atoms with Gasteiger partial charge in [0.2, 0.25) is 11.8 Å². The lowest BCUT2D eigenvalue weighted by Gasteiger charge is -2.55. The highest BCUT2D eigenvalue weighted by molar-refractivity contribution is 6.05. The van der Waals surface area contributed by atoms with Crippen LogP contribution in [0.4, 0.5) is 5.69 Å². The van der Waals surface area contributed by atoms with E-state index in [9.17, 15) is 19.2 Å². The number of anilines is 1. The summed E-state index contributed by atoms with van der Waals surface area (Å²) in [5.41, 5.74) is 5.88. The second kappa shape index (κ2) is 11.8. The molecule has 13 heteroatoms. The summed E-state index contributed by atoms with van der Waals surface area (Å²) in [6.45, 7) is 4.85. The number of likely N-dealkylation sites (tertiary alicyclic amines) is 1. The molecule has 0 bridgehead atoms. The van der Waals surface area contributed by atoms with Gasteiger partial charge in [-0.1, -0.05) is 6.07 Å². The zero-order valence-corrected chi connectivity index (χ0v) is 27.9. The van der Waals surface area contributed by atoms with Gasteiger partial charge in [-0.25, -0.2) is 4.98 Å². The van der Waals surface area contributed by atoms with Gasteiger partial charge in [0.05, 0.1) is 38.0 Å². The van der Waals surface area contributed by atoms with Crippen LogP contribution in [-0.4, -0.2) is 87.9 Å². The van der Waals surface area contributed by atoms with Crippen LogP contribution in [0.2, 0.25) is 0 Å². The fraction of sp³-hybridized carbons (Fsp3) is 0.417. The molecule has 6 heterocycles. The highest BCUT2D eigenvalue weighted by Crippen LogP contribution is 2.44. The third-order valence-corrected chi connectivity index (χ3v) is 10.9. The van der Waals surface area contributed by atoms with Crippen LogP contribution < -0.4 is 25.2 Å². The molecule has 0 aliphatic carbocycles. The number of nitrogens with one attached hydrogen (secondary N) is 1. The fourth-order valence-corrected chi connectivity index (χ4v) is 8.04. The van der Waals surface area contributed by atoms with Gasteiger partial charge in [-0.3, -0.25) is 33.8 Å². The fourth-order valence-electron chi connectivity index (χ4n) is 8.04. The predicted molar refractivity (Wildman–Crippen MR) is 183 cm³/mol. The Labute approximate surface area is 284 Å². The second-order valence-corrected chi connectivity index (χ2v) is 13.8. The van der Waals surface area contributed by atoms with E-state index in [0.717, 1.165) is 78.6 Å². The van der Waals surface area contributed by atoms with E-state index in [-0.39, 0.29) is 36.5 Å². The number of amides is 3. The number of imidazole rings is 1. The van der Waals surface area contributed by atoms with Crippen molar-refractivity contribution < 1.29 is 25.3 Å². The third-order valence-electron chi connectivity index (χ3n) is 10.9. The first-order valence-corrected chi connectivity index (χ1v) is 16.7. The van der Waals surface area contributed by atoms with Crippen LogP contribution >= 0.6 is 0 Å². The van der Waals surface area contributed by atoms with Crippen LogP contribution in [0.15, 0.2) is 53.8 Å². The molecule has 3 fully saturated rings. The maximum Gasteiger partial charge on any atom is 0.276 e. The molecular weight excluding hydrogens is 626 g/mol. The first-order chi connectivity index (χ1) is 23.7. The molecule has 8 rings (SSSR count). The van der Waals surface area contributed by atoms with E-state index in [1.165, 1.54) is 0 Å². The van der Waals surface area contributed by atoms with Gasteiger partial charge < -0.3 is 23.8 Å². The molecule has 4 aromatic rings. The topological polar surface area (TPSA) is 131 Å². The van der Waals surface area contributed by atoms with Gasteiger partial charge in [0.1, 0.15) is 23.1 Å². The van der Waals surface area contributed by atoms with E-state index in [2.05, 4.69) is 26.2 Å². The molecule has 1 unspecified atom stereocenters. The normalized spacial score (nSPS) is 20.5. The number of nitrogens with zero attached hydrogens (tertiary/aromatic N) is 6. The van der Waals surface area contributed by atoms with E-state index in [4.69, 9.17) is 9.47 Å². The third kappa shape index (κ3) is 5.23. The highest BCUT2D eigenvalue weighted by atomic mass is 16.5. The van der Waals surface area contributed by atoms with Crippen molar-refractivity contribution in [3.63, 3.8) is 0 Å². The molecule has 49 heavy (non-hydrogen) atoms. The summed E-state index contributed by atoms with van der Waals surface area (Å²) < 4.78 is 15.1. The zero-order chi connectivity index (χ0) is 34.0. The molecule has 256 valence electrons. The Hall–Kier alpha value is -5.17. The number of imide groups is 1. The van der Waals surface area contributed by atoms with Crippen LogP contribution in [0.1, 0.15) is 48.6 Å². The average Bonchev–Trinajstić information content (AvgIpc) is 3.71. The van der Waals surface area contributed by atoms with Gasteiger partial charge in [0, 0.05) is 69.5 Å². The molecule has 4 aliphatic heterocycles. The van der Waals surface area contributed by atoms with Gasteiger partial charge in [-0.2, -0.15) is 0 Å². The number of ether oxygens (including phenoxy) is 2. The van der Waals surface area contributed by atoms with E-state index < -0.39 is 6.04 Å². The Morgan fingerprint density at radius 2 is 1.76 bits per heavy atom.